The molecule has 1 aromatic carbocycles. The molecule has 0 saturated carbocycles. The van der Waals surface area contributed by atoms with Crippen LogP contribution in [-0.4, -0.2) is 30.3 Å². The third-order valence-corrected chi connectivity index (χ3v) is 4.19. The molecular formula is C20H25NO4. The number of Topliss-reactive ketones (excluding diaryl/α,β-unsaturated/α-hetero) is 1. The van der Waals surface area contributed by atoms with Gasteiger partial charge in [0.1, 0.15) is 18.1 Å². The monoisotopic (exact) mass is 343 g/mol. The van der Waals surface area contributed by atoms with E-state index in [1.54, 1.807) is 13.2 Å². The Morgan fingerprint density at radius 3 is 2.72 bits per heavy atom. The van der Waals surface area contributed by atoms with Gasteiger partial charge in [0.25, 0.3) is 0 Å². The lowest BCUT2D eigenvalue weighted by Crippen LogP contribution is -2.24. The molecule has 1 aliphatic carbocycles. The van der Waals surface area contributed by atoms with Crippen molar-refractivity contribution in [1.82, 2.24) is 0 Å². The van der Waals surface area contributed by atoms with Crippen molar-refractivity contribution in [3.05, 3.63) is 53.8 Å². The smallest absolute Gasteiger partial charge is 0.168 e. The summed E-state index contributed by atoms with van der Waals surface area (Å²) in [5.74, 6) is 0.526. The van der Waals surface area contributed by atoms with E-state index in [4.69, 9.17) is 9.57 Å². The Kier molecular flexibility index (Phi) is 6.81. The highest BCUT2D eigenvalue weighted by molar-refractivity contribution is 6.23. The van der Waals surface area contributed by atoms with E-state index in [0.717, 1.165) is 17.7 Å². The number of ketones is 1. The van der Waals surface area contributed by atoms with E-state index in [1.165, 1.54) is 0 Å². The summed E-state index contributed by atoms with van der Waals surface area (Å²) in [6, 6.07) is 7.54. The Morgan fingerprint density at radius 2 is 2.12 bits per heavy atom. The molecule has 1 atom stereocenters. The Hall–Kier alpha value is -2.56. The predicted molar refractivity (Wildman–Crippen MR) is 98.1 cm³/mol. The number of allylic oxidation sites excluding steroid dienone is 2. The zero-order chi connectivity index (χ0) is 18.2. The zero-order valence-electron chi connectivity index (χ0n) is 14.8. The van der Waals surface area contributed by atoms with E-state index < -0.39 is 0 Å². The first-order valence-corrected chi connectivity index (χ1v) is 8.52. The van der Waals surface area contributed by atoms with Crippen LogP contribution in [0.25, 0.3) is 0 Å². The first kappa shape index (κ1) is 18.8. The van der Waals surface area contributed by atoms with Crippen LogP contribution < -0.4 is 4.74 Å². The number of methoxy groups -OCH3 is 1. The molecule has 1 aromatic rings. The normalized spacial score (nSPS) is 18.2. The van der Waals surface area contributed by atoms with Crippen molar-refractivity contribution >= 4 is 11.5 Å². The second-order valence-electron chi connectivity index (χ2n) is 5.92. The van der Waals surface area contributed by atoms with Crippen LogP contribution in [0.4, 0.5) is 0 Å². The Bertz CT molecular complexity index is 673. The van der Waals surface area contributed by atoms with Gasteiger partial charge in [0.05, 0.1) is 18.4 Å². The molecule has 0 amide bonds. The number of ether oxygens (including phenoxy) is 1. The van der Waals surface area contributed by atoms with E-state index in [-0.39, 0.29) is 24.1 Å². The summed E-state index contributed by atoms with van der Waals surface area (Å²) in [6.07, 6.45) is 3.91. The topological polar surface area (TPSA) is 68.1 Å². The van der Waals surface area contributed by atoms with Crippen LogP contribution in [0.15, 0.2) is 53.4 Å². The van der Waals surface area contributed by atoms with Crippen LogP contribution in [0.3, 0.4) is 0 Å². The molecule has 0 fully saturated rings. The van der Waals surface area contributed by atoms with Crippen molar-refractivity contribution in [3.63, 3.8) is 0 Å². The Morgan fingerprint density at radius 1 is 1.40 bits per heavy atom. The highest BCUT2D eigenvalue weighted by Gasteiger charge is 2.32. The Balaban J connectivity index is 2.38. The molecule has 1 unspecified atom stereocenters. The summed E-state index contributed by atoms with van der Waals surface area (Å²) >= 11 is 0. The lowest BCUT2D eigenvalue weighted by atomic mass is 9.81. The third-order valence-electron chi connectivity index (χ3n) is 4.19. The second-order valence-corrected chi connectivity index (χ2v) is 5.92. The van der Waals surface area contributed by atoms with Crippen molar-refractivity contribution in [3.8, 4) is 5.75 Å². The molecule has 5 heteroatoms. The average molecular weight is 343 g/mol. The van der Waals surface area contributed by atoms with Gasteiger partial charge in [0.15, 0.2) is 5.78 Å². The number of aliphatic hydroxyl groups is 1. The number of hydrogen-bond acceptors (Lipinski definition) is 5. The molecule has 0 saturated heterocycles. The lowest BCUT2D eigenvalue weighted by molar-refractivity contribution is -0.116. The molecule has 0 heterocycles. The Labute approximate surface area is 148 Å². The largest absolute Gasteiger partial charge is 0.511 e. The van der Waals surface area contributed by atoms with Gasteiger partial charge in [0.2, 0.25) is 0 Å². The van der Waals surface area contributed by atoms with E-state index in [9.17, 15) is 9.90 Å². The molecule has 0 radical (unpaired) electrons. The van der Waals surface area contributed by atoms with Gasteiger partial charge in [-0.3, -0.25) is 4.79 Å². The molecule has 0 aliphatic heterocycles. The van der Waals surface area contributed by atoms with E-state index in [0.29, 0.717) is 30.5 Å². The summed E-state index contributed by atoms with van der Waals surface area (Å²) in [6.45, 7) is 5.84. The summed E-state index contributed by atoms with van der Waals surface area (Å²) in [7, 11) is 1.61. The SMILES string of the molecule is C=CCON=C(CCC)C1=C(O)C(c2ccc(OC)cc2)CCC1=O. The van der Waals surface area contributed by atoms with E-state index in [2.05, 4.69) is 11.7 Å². The van der Waals surface area contributed by atoms with E-state index >= 15 is 0 Å². The third kappa shape index (κ3) is 4.50. The minimum Gasteiger partial charge on any atom is -0.511 e. The quantitative estimate of drug-likeness (QED) is 0.330. The minimum atomic E-state index is -0.222. The maximum Gasteiger partial charge on any atom is 0.168 e. The van der Waals surface area contributed by atoms with Crippen LogP contribution in [0.2, 0.25) is 0 Å². The molecule has 5 nitrogen and oxygen atoms in total. The number of rotatable bonds is 8. The predicted octanol–water partition coefficient (Wildman–Crippen LogP) is 4.31. The van der Waals surface area contributed by atoms with Gasteiger partial charge in [-0.1, -0.05) is 43.3 Å². The van der Waals surface area contributed by atoms with Gasteiger partial charge in [-0.15, -0.1) is 0 Å². The minimum absolute atomic E-state index is 0.0795. The van der Waals surface area contributed by atoms with Crippen LogP contribution in [-0.2, 0) is 9.63 Å². The van der Waals surface area contributed by atoms with Gasteiger partial charge in [-0.2, -0.15) is 0 Å². The fourth-order valence-corrected chi connectivity index (χ4v) is 2.94. The lowest BCUT2D eigenvalue weighted by Gasteiger charge is -2.25. The fraction of sp³-hybridized carbons (Fsp3) is 0.400. The van der Waals surface area contributed by atoms with Gasteiger partial charge < -0.3 is 14.7 Å². The molecule has 2 rings (SSSR count). The van der Waals surface area contributed by atoms with Gasteiger partial charge in [-0.05, 0) is 30.5 Å². The van der Waals surface area contributed by atoms with Crippen molar-refractivity contribution in [1.29, 1.82) is 0 Å². The van der Waals surface area contributed by atoms with Crippen molar-refractivity contribution in [2.24, 2.45) is 5.16 Å². The first-order chi connectivity index (χ1) is 12.1. The van der Waals surface area contributed by atoms with Crippen molar-refractivity contribution in [2.45, 2.75) is 38.5 Å². The molecule has 25 heavy (non-hydrogen) atoms. The highest BCUT2D eigenvalue weighted by atomic mass is 16.6. The number of nitrogens with zero attached hydrogens (tertiary/aromatic N) is 1. The average Bonchev–Trinajstić information content (AvgIpc) is 2.62. The fourth-order valence-electron chi connectivity index (χ4n) is 2.94. The molecule has 0 spiro atoms. The highest BCUT2D eigenvalue weighted by Crippen LogP contribution is 2.36. The number of carbonyl (C=O) groups excluding carboxylic acids is 1. The molecule has 1 N–H and O–H groups in total. The van der Waals surface area contributed by atoms with Crippen LogP contribution >= 0.6 is 0 Å². The summed E-state index contributed by atoms with van der Waals surface area (Å²) in [4.78, 5) is 17.6. The summed E-state index contributed by atoms with van der Waals surface area (Å²) in [5, 5.41) is 14.9. The summed E-state index contributed by atoms with van der Waals surface area (Å²) < 4.78 is 5.17. The number of aliphatic hydroxyl groups excluding tert-OH is 1. The van der Waals surface area contributed by atoms with Gasteiger partial charge in [0, 0.05) is 12.3 Å². The standard InChI is InChI=1S/C20H25NO4/c1-4-6-17(21-25-13-5-2)19-18(22)12-11-16(20(19)23)14-7-9-15(24-3)10-8-14/h5,7-10,16,23H,2,4,6,11-13H2,1,3H3. The second kappa shape index (κ2) is 9.06. The van der Waals surface area contributed by atoms with Crippen LogP contribution in [0.5, 0.6) is 5.75 Å². The van der Waals surface area contributed by atoms with E-state index in [1.807, 2.05) is 31.2 Å². The molecule has 0 bridgehead atoms. The molecule has 0 aromatic heterocycles. The maximum atomic E-state index is 12.4. The van der Waals surface area contributed by atoms with Gasteiger partial charge in [-0.25, -0.2) is 0 Å². The molecule has 134 valence electrons. The van der Waals surface area contributed by atoms with Crippen molar-refractivity contribution in [2.75, 3.05) is 13.7 Å². The van der Waals surface area contributed by atoms with Crippen LogP contribution in [0, 0.1) is 0 Å². The van der Waals surface area contributed by atoms with Crippen molar-refractivity contribution < 1.29 is 19.5 Å². The van der Waals surface area contributed by atoms with Crippen LogP contribution in [0.1, 0.15) is 44.1 Å². The number of oxime groups is 1. The number of benzene rings is 1. The van der Waals surface area contributed by atoms with Gasteiger partial charge >= 0.3 is 0 Å². The number of hydrogen-bond donors (Lipinski definition) is 1. The first-order valence-electron chi connectivity index (χ1n) is 8.52. The zero-order valence-corrected chi connectivity index (χ0v) is 14.8. The molecular weight excluding hydrogens is 318 g/mol. The summed E-state index contributed by atoms with van der Waals surface area (Å²) in [5.41, 5.74) is 1.76. The maximum absolute atomic E-state index is 12.4. The molecule has 1 aliphatic rings. The number of carbonyl (C=O) groups is 1.